The van der Waals surface area contributed by atoms with Gasteiger partial charge in [-0.15, -0.1) is 0 Å². The van der Waals surface area contributed by atoms with Gasteiger partial charge in [-0.2, -0.15) is 0 Å². The van der Waals surface area contributed by atoms with Crippen LogP contribution in [0.1, 0.15) is 51.2 Å². The lowest BCUT2D eigenvalue weighted by molar-refractivity contribution is -0.0384. The summed E-state index contributed by atoms with van der Waals surface area (Å²) in [6.07, 6.45) is 5.82. The highest BCUT2D eigenvalue weighted by Crippen LogP contribution is 2.44. The molecule has 1 saturated carbocycles. The fourth-order valence-electron chi connectivity index (χ4n) is 5.80. The molecule has 2 aliphatic carbocycles. The van der Waals surface area contributed by atoms with Crippen LogP contribution in [0.15, 0.2) is 24.3 Å². The van der Waals surface area contributed by atoms with E-state index in [9.17, 15) is 5.11 Å². The second kappa shape index (κ2) is 6.14. The quantitative estimate of drug-likeness (QED) is 0.890. The van der Waals surface area contributed by atoms with Crippen LogP contribution in [-0.4, -0.2) is 34.7 Å². The molecule has 24 heavy (non-hydrogen) atoms. The standard InChI is InChI=1S/C22H33NO/c1-15-8-9-20(21(24)10-15)22(2,3)23-13-18-11-16-6-4-5-7-17(16)12-19(18)14-23/h4-7,15,18-21,24H,8-14H2,1-3H3/t15-,18-,19-,20-,21-/m1/s1. The molecule has 5 atom stereocenters. The molecule has 1 heterocycles. The van der Waals surface area contributed by atoms with E-state index in [1.165, 1.54) is 38.8 Å². The summed E-state index contributed by atoms with van der Waals surface area (Å²) in [7, 11) is 0. The number of rotatable bonds is 2. The number of hydrogen-bond acceptors (Lipinski definition) is 2. The highest BCUT2D eigenvalue weighted by atomic mass is 16.3. The van der Waals surface area contributed by atoms with Gasteiger partial charge >= 0.3 is 0 Å². The minimum atomic E-state index is -0.122. The maximum Gasteiger partial charge on any atom is 0.0588 e. The molecular formula is C22H33NO. The van der Waals surface area contributed by atoms with Crippen molar-refractivity contribution in [1.82, 2.24) is 4.90 Å². The molecule has 1 aliphatic heterocycles. The molecule has 0 aromatic heterocycles. The molecule has 1 aromatic carbocycles. The van der Waals surface area contributed by atoms with Crippen LogP contribution < -0.4 is 0 Å². The summed E-state index contributed by atoms with van der Waals surface area (Å²) in [5, 5.41) is 10.7. The van der Waals surface area contributed by atoms with Gasteiger partial charge in [0.25, 0.3) is 0 Å². The van der Waals surface area contributed by atoms with E-state index in [2.05, 4.69) is 49.9 Å². The van der Waals surface area contributed by atoms with Crippen molar-refractivity contribution >= 4 is 0 Å². The van der Waals surface area contributed by atoms with Crippen molar-refractivity contribution in [2.24, 2.45) is 23.7 Å². The van der Waals surface area contributed by atoms with Crippen LogP contribution in [0.5, 0.6) is 0 Å². The zero-order chi connectivity index (χ0) is 16.9. The van der Waals surface area contributed by atoms with Crippen molar-refractivity contribution in [2.45, 2.75) is 64.5 Å². The van der Waals surface area contributed by atoms with Crippen LogP contribution in [0, 0.1) is 23.7 Å². The van der Waals surface area contributed by atoms with E-state index in [0.29, 0.717) is 11.8 Å². The zero-order valence-corrected chi connectivity index (χ0v) is 15.5. The summed E-state index contributed by atoms with van der Waals surface area (Å²) < 4.78 is 0. The predicted molar refractivity (Wildman–Crippen MR) is 99.0 cm³/mol. The Labute approximate surface area is 147 Å². The Balaban J connectivity index is 1.49. The number of aliphatic hydroxyl groups is 1. The third-order valence-electron chi connectivity index (χ3n) is 7.46. The van der Waals surface area contributed by atoms with Gasteiger partial charge in [-0.05, 0) is 68.4 Å². The van der Waals surface area contributed by atoms with Crippen LogP contribution in [0.2, 0.25) is 0 Å². The van der Waals surface area contributed by atoms with Crippen LogP contribution >= 0.6 is 0 Å². The second-order valence-corrected chi connectivity index (χ2v) is 9.35. The number of benzene rings is 1. The largest absolute Gasteiger partial charge is 0.393 e. The third-order valence-corrected chi connectivity index (χ3v) is 7.46. The maximum atomic E-state index is 10.7. The van der Waals surface area contributed by atoms with Crippen molar-refractivity contribution in [3.05, 3.63) is 35.4 Å². The van der Waals surface area contributed by atoms with E-state index in [-0.39, 0.29) is 11.6 Å². The molecule has 0 unspecified atom stereocenters. The first-order chi connectivity index (χ1) is 11.4. The number of hydrogen-bond donors (Lipinski definition) is 1. The van der Waals surface area contributed by atoms with Gasteiger partial charge in [0, 0.05) is 24.5 Å². The number of nitrogens with zero attached hydrogens (tertiary/aromatic N) is 1. The molecule has 1 N–H and O–H groups in total. The molecule has 0 amide bonds. The summed E-state index contributed by atoms with van der Waals surface area (Å²) in [5.74, 6) is 2.72. The normalized spacial score (nSPS) is 37.1. The molecule has 1 saturated heterocycles. The average molecular weight is 328 g/mol. The van der Waals surface area contributed by atoms with Gasteiger partial charge < -0.3 is 5.11 Å². The maximum absolute atomic E-state index is 10.7. The lowest BCUT2D eigenvalue weighted by Gasteiger charge is -2.47. The van der Waals surface area contributed by atoms with Crippen LogP contribution in [0.4, 0.5) is 0 Å². The summed E-state index contributed by atoms with van der Waals surface area (Å²) in [4.78, 5) is 2.72. The molecule has 2 nitrogen and oxygen atoms in total. The number of likely N-dealkylation sites (tertiary alicyclic amines) is 1. The fourth-order valence-corrected chi connectivity index (χ4v) is 5.80. The molecule has 1 aromatic rings. The van der Waals surface area contributed by atoms with Crippen LogP contribution in [0.25, 0.3) is 0 Å². The van der Waals surface area contributed by atoms with Gasteiger partial charge in [0.1, 0.15) is 0 Å². The topological polar surface area (TPSA) is 23.5 Å². The van der Waals surface area contributed by atoms with Crippen molar-refractivity contribution in [1.29, 1.82) is 0 Å². The molecule has 132 valence electrons. The monoisotopic (exact) mass is 327 g/mol. The van der Waals surface area contributed by atoms with Crippen molar-refractivity contribution in [2.75, 3.05) is 13.1 Å². The lowest BCUT2D eigenvalue weighted by Crippen LogP contribution is -2.53. The summed E-state index contributed by atoms with van der Waals surface area (Å²) >= 11 is 0. The Morgan fingerprint density at radius 3 is 2.12 bits per heavy atom. The van der Waals surface area contributed by atoms with Crippen molar-refractivity contribution < 1.29 is 5.11 Å². The fraction of sp³-hybridized carbons (Fsp3) is 0.727. The first kappa shape index (κ1) is 16.6. The highest BCUT2D eigenvalue weighted by molar-refractivity contribution is 5.31. The molecule has 0 radical (unpaired) electrons. The molecule has 2 fully saturated rings. The van der Waals surface area contributed by atoms with E-state index in [1.807, 2.05) is 0 Å². The number of fused-ring (bicyclic) bond motifs is 2. The summed E-state index contributed by atoms with van der Waals surface area (Å²) in [6.45, 7) is 9.49. The van der Waals surface area contributed by atoms with E-state index >= 15 is 0 Å². The molecule has 0 bridgehead atoms. The van der Waals surface area contributed by atoms with E-state index in [0.717, 1.165) is 18.3 Å². The first-order valence-electron chi connectivity index (χ1n) is 9.95. The summed E-state index contributed by atoms with van der Waals surface area (Å²) in [6, 6.07) is 9.03. The molecule has 3 aliphatic rings. The van der Waals surface area contributed by atoms with E-state index in [4.69, 9.17) is 0 Å². The zero-order valence-electron chi connectivity index (χ0n) is 15.5. The molecule has 4 rings (SSSR count). The SMILES string of the molecule is C[C@@H]1CC[C@@H](C(C)(C)N2C[C@H]3Cc4ccccc4C[C@@H]3C2)[C@H](O)C1. The third kappa shape index (κ3) is 2.82. The van der Waals surface area contributed by atoms with Crippen molar-refractivity contribution in [3.8, 4) is 0 Å². The van der Waals surface area contributed by atoms with Crippen LogP contribution in [-0.2, 0) is 12.8 Å². The van der Waals surface area contributed by atoms with Gasteiger partial charge in [0.2, 0.25) is 0 Å². The van der Waals surface area contributed by atoms with E-state index in [1.54, 1.807) is 11.1 Å². The smallest absolute Gasteiger partial charge is 0.0588 e. The van der Waals surface area contributed by atoms with Gasteiger partial charge in [-0.25, -0.2) is 0 Å². The van der Waals surface area contributed by atoms with Gasteiger partial charge in [-0.3, -0.25) is 4.90 Å². The molecular weight excluding hydrogens is 294 g/mol. The minimum Gasteiger partial charge on any atom is -0.393 e. The van der Waals surface area contributed by atoms with Crippen molar-refractivity contribution in [3.63, 3.8) is 0 Å². The predicted octanol–water partition coefficient (Wildman–Crippen LogP) is 3.91. The molecule has 2 heteroatoms. The summed E-state index contributed by atoms with van der Waals surface area (Å²) in [5.41, 5.74) is 3.26. The van der Waals surface area contributed by atoms with Crippen LogP contribution in [0.3, 0.4) is 0 Å². The van der Waals surface area contributed by atoms with Gasteiger partial charge in [-0.1, -0.05) is 37.6 Å². The van der Waals surface area contributed by atoms with E-state index < -0.39 is 0 Å². The number of aliphatic hydroxyl groups excluding tert-OH is 1. The Morgan fingerprint density at radius 1 is 1.00 bits per heavy atom. The second-order valence-electron chi connectivity index (χ2n) is 9.35. The Bertz CT molecular complexity index is 562. The lowest BCUT2D eigenvalue weighted by atomic mass is 9.71. The van der Waals surface area contributed by atoms with Gasteiger partial charge in [0.05, 0.1) is 6.10 Å². The molecule has 0 spiro atoms. The van der Waals surface area contributed by atoms with Gasteiger partial charge in [0.15, 0.2) is 0 Å². The Kier molecular flexibility index (Phi) is 4.25. The highest BCUT2D eigenvalue weighted by Gasteiger charge is 2.47. The Morgan fingerprint density at radius 2 is 1.58 bits per heavy atom. The first-order valence-corrected chi connectivity index (χ1v) is 9.95. The minimum absolute atomic E-state index is 0.114. The Hall–Kier alpha value is -0.860. The average Bonchev–Trinajstić information content (AvgIpc) is 2.95.